The van der Waals surface area contributed by atoms with E-state index >= 15 is 0 Å². The molecule has 0 bridgehead atoms. The number of halogens is 4. The van der Waals surface area contributed by atoms with Crippen molar-refractivity contribution in [2.45, 2.75) is 6.92 Å². The highest BCUT2D eigenvalue weighted by Crippen LogP contribution is 2.45. The number of anilines is 7. The monoisotopic (exact) mass is 1770 g/mol. The minimum Gasteiger partial charge on any atom is -0.371 e. The second-order valence-corrected chi connectivity index (χ2v) is 41.9. The van der Waals surface area contributed by atoms with E-state index in [1.54, 1.807) is 0 Å². The summed E-state index contributed by atoms with van der Waals surface area (Å²) in [5.74, 6) is 11.8. The van der Waals surface area contributed by atoms with Gasteiger partial charge in [-0.15, -0.1) is 22.7 Å². The number of benzene rings is 10. The van der Waals surface area contributed by atoms with Crippen LogP contribution < -0.4 is 55.6 Å². The first-order valence-electron chi connectivity index (χ1n) is 46.2. The Morgan fingerprint density at radius 3 is 1.07 bits per heavy atom. The molecule has 14 atom stereocenters. The van der Waals surface area contributed by atoms with Crippen molar-refractivity contribution in [3.63, 3.8) is 0 Å². The quantitative estimate of drug-likeness (QED) is 0.117. The fraction of sp³-hybridized carbons (Fsp3) is 0.442. The fourth-order valence-electron chi connectivity index (χ4n) is 23.7. The van der Waals surface area contributed by atoms with E-state index in [-0.39, 0.29) is 0 Å². The third kappa shape index (κ3) is 18.3. The first kappa shape index (κ1) is 84.5. The molecule has 12 aromatic rings. The van der Waals surface area contributed by atoms with Crippen LogP contribution in [0.5, 0.6) is 0 Å². The first-order valence-corrected chi connectivity index (χ1v) is 49.4. The summed E-state index contributed by atoms with van der Waals surface area (Å²) in [7, 11) is 4.45. The predicted octanol–water partition coefficient (Wildman–Crippen LogP) is 19.3. The molecular formula is C104H122Cl4N14S2. The van der Waals surface area contributed by atoms with Crippen molar-refractivity contribution in [2.24, 2.45) is 82.9 Å². The Morgan fingerprint density at radius 1 is 0.282 bits per heavy atom. The normalized spacial score (nSPS) is 27.6. The van der Waals surface area contributed by atoms with Crippen molar-refractivity contribution in [3.8, 4) is 0 Å². The first-order chi connectivity index (χ1) is 60.8. The molecule has 124 heavy (non-hydrogen) atoms. The maximum absolute atomic E-state index is 6.27. The van der Waals surface area contributed by atoms with Crippen LogP contribution in [-0.4, -0.2) is 219 Å². The van der Waals surface area contributed by atoms with Crippen LogP contribution in [0.2, 0.25) is 20.1 Å². The Balaban J connectivity index is 0.0000000917. The lowest BCUT2D eigenvalue weighted by atomic mass is 10.0. The molecular weight excluding hydrogens is 1650 g/mol. The van der Waals surface area contributed by atoms with Crippen LogP contribution in [0.3, 0.4) is 0 Å². The third-order valence-corrected chi connectivity index (χ3v) is 34.0. The average Bonchev–Trinajstić information content (AvgIpc) is 1.62. The Kier molecular flexibility index (Phi) is 25.9. The molecule has 14 nitrogen and oxygen atoms in total. The van der Waals surface area contributed by atoms with E-state index in [2.05, 4.69) is 291 Å². The molecule has 648 valence electrons. The van der Waals surface area contributed by atoms with Gasteiger partial charge in [0.2, 0.25) is 0 Å². The average molecular weight is 1770 g/mol. The SMILES string of the molecule is CCN1CC2CN(c3ccc4ccccc4c3)CC2C1.CN1CC2CN(c3cccc(Cl)c3Cl)CC2C1.CN1CC2CN(c3cccc4ccccc34)CC2C1.Clc1cccc(N2CC3CNCC3C2)c1Cl.c1ccc2c(N3CC4CNCC4C3)cccc2c1.c1ccc2c(N3CC4CNCC4C3)csc2c1.c1ccc2sc(N3CC4CNCC4C3)cc2c1. The van der Waals surface area contributed by atoms with Crippen LogP contribution in [0.1, 0.15) is 6.92 Å². The largest absolute Gasteiger partial charge is 0.371 e. The highest BCUT2D eigenvalue weighted by Gasteiger charge is 2.45. The highest BCUT2D eigenvalue weighted by atomic mass is 35.5. The highest BCUT2D eigenvalue weighted by molar-refractivity contribution is 7.22. The molecule has 0 aliphatic carbocycles. The van der Waals surface area contributed by atoms with Gasteiger partial charge in [-0.05, 0) is 197 Å². The van der Waals surface area contributed by atoms with Crippen LogP contribution >= 0.6 is 69.1 Å². The molecule has 0 radical (unpaired) electrons. The number of nitrogens with one attached hydrogen (secondary N) is 4. The van der Waals surface area contributed by atoms with Crippen LogP contribution in [-0.2, 0) is 0 Å². The molecule has 14 aliphatic heterocycles. The molecule has 10 aromatic carbocycles. The van der Waals surface area contributed by atoms with E-state index in [1.165, 1.54) is 231 Å². The molecule has 26 rings (SSSR count). The summed E-state index contributed by atoms with van der Waals surface area (Å²) in [6, 6.07) is 77.9. The van der Waals surface area contributed by atoms with E-state index in [0.29, 0.717) is 20.1 Å². The van der Waals surface area contributed by atoms with Gasteiger partial charge in [-0.2, -0.15) is 0 Å². The van der Waals surface area contributed by atoms with Crippen LogP contribution in [0.15, 0.2) is 224 Å². The smallest absolute Gasteiger partial charge is 0.0921 e. The van der Waals surface area contributed by atoms with Crippen molar-refractivity contribution in [2.75, 3.05) is 238 Å². The molecule has 14 unspecified atom stereocenters. The standard InChI is InChI=1S/C18H22N2.C17H20N2.C16H18N2.2C14H16N2S.C13H16Cl2N2.C12H14Cl2N2/c1-2-19-10-16-12-20(13-17(16)11-19)18-8-7-14-5-3-4-6-15(14)9-18;1-18-9-14-11-19(12-15(14)10-18)17-8-4-6-13-5-2-3-7-16(13)17;1-2-6-15-12(4-1)5-3-7-16(15)18-10-13-8-17-9-14(13)11-18;1-2-4-14-12(3-1)13(9-17-14)16-7-10-5-15-6-11(10)8-16;1-2-4-13-10(3-1)5-14(17-13)16-8-11-6-15-7-12(11)9-16;1-16-5-9-7-17(8-10(9)6-16)12-4-2-3-11(14)13(12)15;13-10-2-1-3-11(12(10)14)16-6-8-4-15-5-9(8)7-16/h3-9,16-17H,2,10-13H2,1H3;2-8,14-15H,9-12H2,1H3;1-7,13-14,17H,8-11H2;1-4,9-11,15H,5-8H2;1-5,11-12,15H,6-9H2;2-4,9-10H,5-8H2,1H3;1-3,8-9,15H,4-7H2. The molecule has 16 heterocycles. The number of hydrogen-bond acceptors (Lipinski definition) is 16. The second-order valence-electron chi connectivity index (χ2n) is 38.3. The Hall–Kier alpha value is -7.62. The van der Waals surface area contributed by atoms with Crippen LogP contribution in [0, 0.1) is 82.9 Å². The summed E-state index contributed by atoms with van der Waals surface area (Å²) in [4.78, 5) is 25.2. The van der Waals surface area contributed by atoms with Crippen LogP contribution in [0.25, 0.3) is 52.5 Å². The maximum atomic E-state index is 6.27. The molecule has 0 spiro atoms. The number of thiophene rings is 2. The number of rotatable bonds is 8. The van der Waals surface area contributed by atoms with Gasteiger partial charge in [0.25, 0.3) is 0 Å². The lowest BCUT2D eigenvalue weighted by Gasteiger charge is -2.23. The minimum absolute atomic E-state index is 0.648. The summed E-state index contributed by atoms with van der Waals surface area (Å²) >= 11 is 28.4. The summed E-state index contributed by atoms with van der Waals surface area (Å²) in [5, 5.41) is 31.5. The van der Waals surface area contributed by atoms with Crippen molar-refractivity contribution < 1.29 is 0 Å². The van der Waals surface area contributed by atoms with Gasteiger partial charge in [-0.1, -0.05) is 205 Å². The van der Waals surface area contributed by atoms with Gasteiger partial charge in [0, 0.05) is 231 Å². The van der Waals surface area contributed by atoms with Gasteiger partial charge in [0.1, 0.15) is 0 Å². The summed E-state index contributed by atoms with van der Waals surface area (Å²) in [6.45, 7) is 37.3. The zero-order valence-corrected chi connectivity index (χ0v) is 76.9. The van der Waals surface area contributed by atoms with Crippen LogP contribution in [0.4, 0.5) is 39.1 Å². The molecule has 20 heteroatoms. The molecule has 0 saturated carbocycles. The number of likely N-dealkylation sites (tertiary alicyclic amines) is 3. The van der Waals surface area contributed by atoms with Crippen molar-refractivity contribution in [1.29, 1.82) is 0 Å². The Morgan fingerprint density at radius 2 is 0.621 bits per heavy atom. The second kappa shape index (κ2) is 38.0. The topological polar surface area (TPSA) is 80.5 Å². The zero-order valence-electron chi connectivity index (χ0n) is 72.3. The Bertz CT molecular complexity index is 5530. The predicted molar refractivity (Wildman–Crippen MR) is 531 cm³/mol. The number of nitrogens with zero attached hydrogens (tertiary/aromatic N) is 10. The number of hydrogen-bond donors (Lipinski definition) is 4. The molecule has 14 fully saturated rings. The number of fused-ring (bicyclic) bond motifs is 12. The van der Waals surface area contributed by atoms with Gasteiger partial charge in [0.05, 0.1) is 42.2 Å². The fourth-order valence-corrected chi connectivity index (χ4v) is 26.6. The van der Waals surface area contributed by atoms with Crippen molar-refractivity contribution in [3.05, 3.63) is 244 Å². The van der Waals surface area contributed by atoms with E-state index in [1.807, 2.05) is 46.9 Å². The van der Waals surface area contributed by atoms with E-state index in [9.17, 15) is 0 Å². The molecule has 14 aliphatic rings. The molecule has 14 saturated heterocycles. The van der Waals surface area contributed by atoms with Gasteiger partial charge < -0.3 is 70.3 Å². The summed E-state index contributed by atoms with van der Waals surface area (Å²) in [6.07, 6.45) is 0. The van der Waals surface area contributed by atoms with Gasteiger partial charge >= 0.3 is 0 Å². The lowest BCUT2D eigenvalue weighted by molar-refractivity contribution is 0.334. The summed E-state index contributed by atoms with van der Waals surface area (Å²) < 4.78 is 2.83. The summed E-state index contributed by atoms with van der Waals surface area (Å²) in [5.41, 5.74) is 7.89. The van der Waals surface area contributed by atoms with Crippen molar-refractivity contribution >= 4 is 161 Å². The van der Waals surface area contributed by atoms with Gasteiger partial charge in [-0.25, -0.2) is 0 Å². The maximum Gasteiger partial charge on any atom is 0.0921 e. The molecule has 4 N–H and O–H groups in total. The molecule has 2 aromatic heterocycles. The Labute approximate surface area is 762 Å². The lowest BCUT2D eigenvalue weighted by Crippen LogP contribution is -2.28. The van der Waals surface area contributed by atoms with E-state index in [4.69, 9.17) is 46.4 Å². The third-order valence-electron chi connectivity index (χ3n) is 30.3. The van der Waals surface area contributed by atoms with Gasteiger partial charge in [-0.3, -0.25) is 0 Å². The van der Waals surface area contributed by atoms with Crippen molar-refractivity contribution in [1.82, 2.24) is 36.0 Å². The molecule has 0 amide bonds. The zero-order chi connectivity index (χ0) is 83.9. The van der Waals surface area contributed by atoms with E-state index in [0.717, 1.165) is 133 Å². The van der Waals surface area contributed by atoms with E-state index < -0.39 is 0 Å². The minimum atomic E-state index is 0.648. The van der Waals surface area contributed by atoms with Gasteiger partial charge in [0.15, 0.2) is 0 Å².